The van der Waals surface area contributed by atoms with E-state index >= 15 is 0 Å². The van der Waals surface area contributed by atoms with Crippen molar-refractivity contribution in [3.8, 4) is 0 Å². The van der Waals surface area contributed by atoms with E-state index in [0.29, 0.717) is 0 Å². The molecular formula is C57H60N3P2W+. The molecule has 0 spiro atoms. The molecule has 6 heteroatoms. The largest absolute Gasteiger partial charge is 0.343 e. The van der Waals surface area contributed by atoms with Crippen LogP contribution in [0.4, 0.5) is 17.1 Å². The number of nitrogens with zero attached hydrogens (tertiary/aromatic N) is 3. The molecule has 0 heterocycles. The van der Waals surface area contributed by atoms with Gasteiger partial charge in [-0.15, -0.1) is 0 Å². The monoisotopic (exact) mass is 1030 g/mol. The van der Waals surface area contributed by atoms with E-state index in [0.717, 1.165) is 56.9 Å². The fourth-order valence-corrected chi connectivity index (χ4v) is 13.8. The maximum atomic E-state index is 6.85. The Morgan fingerprint density at radius 1 is 0.381 bits per heavy atom. The molecular weight excluding hydrogens is 972 g/mol. The molecule has 0 bridgehead atoms. The molecule has 0 radical (unpaired) electrons. The summed E-state index contributed by atoms with van der Waals surface area (Å²) in [5.41, 5.74) is 8.95. The molecule has 7 aromatic rings. The van der Waals surface area contributed by atoms with E-state index in [1.807, 2.05) is 96.1 Å². The zero-order chi connectivity index (χ0) is 44.9. The molecule has 0 N–H and O–H groups in total. The Kier molecular flexibility index (Phi) is 22.2. The maximum Gasteiger partial charge on any atom is 0.193 e. The first-order valence-electron chi connectivity index (χ1n) is 21.0. The van der Waals surface area contributed by atoms with E-state index in [2.05, 4.69) is 150 Å². The number of hydrogen-bond acceptors (Lipinski definition) is 0. The van der Waals surface area contributed by atoms with Gasteiger partial charge < -0.3 is 6.92 Å². The number of rotatable bonds is 9. The van der Waals surface area contributed by atoms with Crippen molar-refractivity contribution >= 4 is 54.1 Å². The molecule has 0 aliphatic heterocycles. The minimum atomic E-state index is -0.900. The second-order valence-corrected chi connectivity index (χ2v) is 20.8. The minimum Gasteiger partial charge on any atom is -0.343 e. The average Bonchev–Trinajstić information content (AvgIpc) is 3.30. The van der Waals surface area contributed by atoms with Gasteiger partial charge >= 0.3 is 0 Å². The van der Waals surface area contributed by atoms with Crippen LogP contribution in [0.5, 0.6) is 0 Å². The first-order valence-corrected chi connectivity index (χ1v) is 24.4. The van der Waals surface area contributed by atoms with Crippen LogP contribution >= 0.6 is 15.8 Å². The summed E-state index contributed by atoms with van der Waals surface area (Å²) in [6, 6.07) is 62.3. The third-order valence-corrected chi connectivity index (χ3v) is 17.5. The summed E-state index contributed by atoms with van der Waals surface area (Å²) in [5, 5.41) is 5.99. The van der Waals surface area contributed by atoms with Crippen molar-refractivity contribution in [3.05, 3.63) is 250 Å². The van der Waals surface area contributed by atoms with Crippen LogP contribution in [0.2, 0.25) is 0 Å². The van der Waals surface area contributed by atoms with Crippen molar-refractivity contribution in [2.75, 3.05) is 12.3 Å². The minimum absolute atomic E-state index is 0. The summed E-state index contributed by atoms with van der Waals surface area (Å²) in [4.78, 5) is 10.3. The first-order chi connectivity index (χ1) is 29.9. The van der Waals surface area contributed by atoms with Crippen LogP contribution in [0.1, 0.15) is 46.7 Å². The van der Waals surface area contributed by atoms with Crippen molar-refractivity contribution < 1.29 is 21.1 Å². The third kappa shape index (κ3) is 15.7. The van der Waals surface area contributed by atoms with E-state index in [1.54, 1.807) is 0 Å². The van der Waals surface area contributed by atoms with Crippen LogP contribution in [-0.4, -0.2) is 12.3 Å². The Morgan fingerprint density at radius 2 is 0.587 bits per heavy atom. The molecule has 318 valence electrons. The molecule has 7 aromatic carbocycles. The van der Waals surface area contributed by atoms with Crippen LogP contribution in [0.3, 0.4) is 0 Å². The molecule has 0 aliphatic rings. The van der Waals surface area contributed by atoms with E-state index < -0.39 is 15.8 Å². The van der Waals surface area contributed by atoms with Crippen molar-refractivity contribution in [1.82, 2.24) is 0 Å². The van der Waals surface area contributed by atoms with Gasteiger partial charge in [0.25, 0.3) is 0 Å². The predicted octanol–water partition coefficient (Wildman–Crippen LogP) is 14.5. The van der Waals surface area contributed by atoms with E-state index in [9.17, 15) is 0 Å². The van der Waals surface area contributed by atoms with Gasteiger partial charge in [0.15, 0.2) is 17.1 Å². The predicted molar refractivity (Wildman–Crippen MR) is 275 cm³/mol. The molecule has 0 atom stereocenters. The average molecular weight is 1030 g/mol. The SMILES string of the molecule is [C-]#[N+]c1c(C)cccc1C.[C-]#[N+]c1c(C)cccc1C.[C-]#[N+]c1c(C)cccc1C.[CH2-]CC(C)(C[PH+](c1ccccc1)c1ccccc1)C[PH+](c1ccccc1)c1ccccc1.[W]. The number of para-hydroxylation sites is 3. The summed E-state index contributed by atoms with van der Waals surface area (Å²) in [6.07, 6.45) is 3.35. The van der Waals surface area contributed by atoms with Gasteiger partial charge in [0, 0.05) is 26.5 Å². The smallest absolute Gasteiger partial charge is 0.193 e. The molecule has 0 saturated heterocycles. The van der Waals surface area contributed by atoms with Crippen molar-refractivity contribution in [2.24, 2.45) is 5.41 Å². The Hall–Kier alpha value is -5.44. The Balaban J connectivity index is 0.000000275. The summed E-state index contributed by atoms with van der Waals surface area (Å²) in [7, 11) is -1.80. The third-order valence-electron chi connectivity index (χ3n) is 11.0. The van der Waals surface area contributed by atoms with E-state index in [4.69, 9.17) is 19.7 Å². The van der Waals surface area contributed by atoms with Gasteiger partial charge in [-0.2, -0.15) is 6.42 Å². The number of aryl methyl sites for hydroxylation is 6. The van der Waals surface area contributed by atoms with Gasteiger partial charge in [-0.25, -0.2) is 14.5 Å². The normalized spacial score (nSPS) is 10.2. The van der Waals surface area contributed by atoms with Gasteiger partial charge in [0.1, 0.15) is 0 Å². The zero-order valence-electron chi connectivity index (χ0n) is 37.8. The Labute approximate surface area is 395 Å². The van der Waals surface area contributed by atoms with Crippen molar-refractivity contribution in [1.29, 1.82) is 0 Å². The molecule has 0 aliphatic carbocycles. The molecule has 3 nitrogen and oxygen atoms in total. The van der Waals surface area contributed by atoms with Crippen molar-refractivity contribution in [2.45, 2.75) is 54.9 Å². The second kappa shape index (κ2) is 26.9. The van der Waals surface area contributed by atoms with Gasteiger partial charge in [-0.05, 0) is 123 Å². The quantitative estimate of drug-likeness (QED) is 0.101. The zero-order valence-corrected chi connectivity index (χ0v) is 42.8. The maximum absolute atomic E-state index is 6.85. The molecule has 0 fully saturated rings. The first kappa shape index (κ1) is 51.9. The van der Waals surface area contributed by atoms with Crippen LogP contribution in [-0.2, 0) is 21.1 Å². The molecule has 0 aromatic heterocycles. The fourth-order valence-electron chi connectivity index (χ4n) is 7.34. The molecule has 0 unspecified atom stereocenters. The van der Waals surface area contributed by atoms with Gasteiger partial charge in [0.05, 0.1) is 69.1 Å². The molecule has 0 saturated carbocycles. The summed E-state index contributed by atoms with van der Waals surface area (Å²) in [5.74, 6) is 0. The van der Waals surface area contributed by atoms with E-state index in [1.165, 1.54) is 33.5 Å². The molecule has 0 amide bonds. The Morgan fingerprint density at radius 3 is 0.746 bits per heavy atom. The fraction of sp³-hybridized carbons (Fsp3) is 0.193. The standard InChI is InChI=1S/C30H31P2.3C9H9N.W/c1-3-30(2,24-31(26-16-8-4-9-17-26)27-18-10-5-11-19-27)25-32(28-20-12-6-13-21-28)29-22-14-7-15-23-29;3*1-7-5-4-6-8(2)9(7)10-3;/h4-23H,1,3,24-25H2,2H3;3*4-6H,1-2H3;/q-1;;;;/p+2. The summed E-state index contributed by atoms with van der Waals surface area (Å²) in [6.45, 7) is 39.3. The number of benzene rings is 7. The van der Waals surface area contributed by atoms with Gasteiger partial charge in [0.2, 0.25) is 0 Å². The van der Waals surface area contributed by atoms with Crippen molar-refractivity contribution in [3.63, 3.8) is 0 Å². The van der Waals surface area contributed by atoms with Crippen LogP contribution in [0.25, 0.3) is 14.5 Å². The number of hydrogen-bond donors (Lipinski definition) is 0. The van der Waals surface area contributed by atoms with Crippen LogP contribution in [0.15, 0.2) is 176 Å². The Bertz CT molecular complexity index is 2210. The second-order valence-electron chi connectivity index (χ2n) is 15.9. The van der Waals surface area contributed by atoms with Crippen LogP contribution < -0.4 is 21.2 Å². The van der Waals surface area contributed by atoms with Crippen LogP contribution in [0, 0.1) is 73.6 Å². The van der Waals surface area contributed by atoms with Gasteiger partial charge in [-0.3, -0.25) is 0 Å². The summed E-state index contributed by atoms with van der Waals surface area (Å²) < 4.78 is 0. The molecule has 7 rings (SSSR count). The molecule has 63 heavy (non-hydrogen) atoms. The van der Waals surface area contributed by atoms with Gasteiger partial charge in [-0.1, -0.05) is 134 Å². The summed E-state index contributed by atoms with van der Waals surface area (Å²) >= 11 is 0. The topological polar surface area (TPSA) is 13.1 Å². The van der Waals surface area contributed by atoms with E-state index in [-0.39, 0.29) is 26.5 Å².